The summed E-state index contributed by atoms with van der Waals surface area (Å²) in [6.45, 7) is 6.25. The Balaban J connectivity index is 1.69. The number of hydrogen-bond donors (Lipinski definition) is 0. The van der Waals surface area contributed by atoms with Gasteiger partial charge in [-0.05, 0) is 48.7 Å². The maximum absolute atomic E-state index is 11.9. The predicted octanol–water partition coefficient (Wildman–Crippen LogP) is 4.84. The first-order valence-corrected chi connectivity index (χ1v) is 11.3. The number of ether oxygens (including phenoxy) is 5. The lowest BCUT2D eigenvalue weighted by atomic mass is 9.84. The Bertz CT molecular complexity index is 977. The molecule has 4 atom stereocenters. The average Bonchev–Trinajstić information content (AvgIpc) is 3.10. The Hall–Kier alpha value is -2.12. The van der Waals surface area contributed by atoms with Crippen molar-refractivity contribution in [2.75, 3.05) is 20.3 Å². The van der Waals surface area contributed by atoms with Crippen LogP contribution in [-0.4, -0.2) is 38.2 Å². The zero-order valence-electron chi connectivity index (χ0n) is 18.9. The highest BCUT2D eigenvalue weighted by atomic mass is 35.5. The van der Waals surface area contributed by atoms with Crippen molar-refractivity contribution >= 4 is 17.6 Å². The summed E-state index contributed by atoms with van der Waals surface area (Å²) in [5, 5.41) is 0.642. The van der Waals surface area contributed by atoms with Gasteiger partial charge in [-0.2, -0.15) is 0 Å². The molecule has 0 aliphatic carbocycles. The molecule has 0 radical (unpaired) electrons. The van der Waals surface area contributed by atoms with E-state index in [-0.39, 0.29) is 18.5 Å². The zero-order valence-corrected chi connectivity index (χ0v) is 19.6. The number of halogens is 1. The third-order valence-corrected chi connectivity index (χ3v) is 6.48. The number of carbonyl (C=O) groups excluding carboxylic acids is 1. The van der Waals surface area contributed by atoms with Crippen LogP contribution in [0, 0.1) is 5.92 Å². The summed E-state index contributed by atoms with van der Waals surface area (Å²) in [6.07, 6.45) is 0.582. The van der Waals surface area contributed by atoms with Crippen molar-refractivity contribution < 1.29 is 28.5 Å². The molecule has 32 heavy (non-hydrogen) atoms. The van der Waals surface area contributed by atoms with Crippen molar-refractivity contribution in [3.63, 3.8) is 0 Å². The van der Waals surface area contributed by atoms with Crippen molar-refractivity contribution in [2.24, 2.45) is 5.92 Å². The fraction of sp³-hybridized carbons (Fsp3) is 0.480. The molecule has 6 nitrogen and oxygen atoms in total. The minimum Gasteiger partial charge on any atom is -0.494 e. The van der Waals surface area contributed by atoms with E-state index in [0.29, 0.717) is 24.5 Å². The molecule has 0 spiro atoms. The minimum atomic E-state index is -1.25. The topological polar surface area (TPSA) is 63.2 Å². The van der Waals surface area contributed by atoms with Crippen molar-refractivity contribution in [1.29, 1.82) is 0 Å². The van der Waals surface area contributed by atoms with Crippen LogP contribution >= 0.6 is 11.6 Å². The van der Waals surface area contributed by atoms with Crippen LogP contribution in [0.2, 0.25) is 5.02 Å². The zero-order chi connectivity index (χ0) is 22.9. The third kappa shape index (κ3) is 4.25. The fourth-order valence-electron chi connectivity index (χ4n) is 4.65. The van der Waals surface area contributed by atoms with Gasteiger partial charge in [-0.1, -0.05) is 36.7 Å². The molecule has 7 heteroatoms. The van der Waals surface area contributed by atoms with E-state index in [1.54, 1.807) is 7.11 Å². The second kappa shape index (κ2) is 9.02. The van der Waals surface area contributed by atoms with Crippen molar-refractivity contribution in [2.45, 2.75) is 51.3 Å². The molecule has 2 heterocycles. The molecule has 0 N–H and O–H groups in total. The van der Waals surface area contributed by atoms with Gasteiger partial charge in [0, 0.05) is 37.0 Å². The lowest BCUT2D eigenvalue weighted by Crippen LogP contribution is -2.54. The van der Waals surface area contributed by atoms with Gasteiger partial charge in [-0.25, -0.2) is 0 Å². The van der Waals surface area contributed by atoms with Crippen molar-refractivity contribution in [1.82, 2.24) is 0 Å². The molecule has 0 amide bonds. The summed E-state index contributed by atoms with van der Waals surface area (Å²) in [4.78, 5) is 11.9. The van der Waals surface area contributed by atoms with Gasteiger partial charge in [-0.15, -0.1) is 0 Å². The lowest BCUT2D eigenvalue weighted by Gasteiger charge is -2.45. The highest BCUT2D eigenvalue weighted by molar-refractivity contribution is 6.31. The Labute approximate surface area is 193 Å². The van der Waals surface area contributed by atoms with Gasteiger partial charge in [0.15, 0.2) is 11.9 Å². The number of benzene rings is 2. The minimum absolute atomic E-state index is 0.0275. The Morgan fingerprint density at radius 1 is 1.22 bits per heavy atom. The third-order valence-electron chi connectivity index (χ3n) is 6.11. The van der Waals surface area contributed by atoms with E-state index < -0.39 is 17.7 Å². The molecule has 2 bridgehead atoms. The molecule has 172 valence electrons. The molecular formula is C25H29ClO6. The second-order valence-electron chi connectivity index (χ2n) is 8.44. The molecule has 0 aromatic heterocycles. The van der Waals surface area contributed by atoms with Crippen LogP contribution in [0.25, 0.3) is 0 Å². The van der Waals surface area contributed by atoms with Crippen LogP contribution in [0.4, 0.5) is 0 Å². The van der Waals surface area contributed by atoms with E-state index in [0.717, 1.165) is 22.4 Å². The van der Waals surface area contributed by atoms with Crippen LogP contribution in [-0.2, 0) is 35.9 Å². The van der Waals surface area contributed by atoms with E-state index in [2.05, 4.69) is 0 Å². The van der Waals surface area contributed by atoms with Gasteiger partial charge in [0.1, 0.15) is 12.4 Å². The van der Waals surface area contributed by atoms with Gasteiger partial charge in [0.05, 0.1) is 6.61 Å². The molecular weight excluding hydrogens is 432 g/mol. The first-order chi connectivity index (χ1) is 15.3. The van der Waals surface area contributed by atoms with Crippen LogP contribution in [0.1, 0.15) is 43.9 Å². The Kier molecular flexibility index (Phi) is 6.50. The summed E-state index contributed by atoms with van der Waals surface area (Å²) in [7, 11) is 1.61. The van der Waals surface area contributed by atoms with E-state index in [1.807, 2.05) is 56.3 Å². The number of fused-ring (bicyclic) bond motifs is 2. The second-order valence-corrected chi connectivity index (χ2v) is 8.85. The monoisotopic (exact) mass is 460 g/mol. The van der Waals surface area contributed by atoms with Crippen molar-refractivity contribution in [3.05, 3.63) is 64.2 Å². The lowest BCUT2D eigenvalue weighted by molar-refractivity contribution is -0.336. The van der Waals surface area contributed by atoms with E-state index >= 15 is 0 Å². The standard InChI is InChI=1S/C25H29ClO6/c1-5-29-21-9-6-18(7-10-21)12-19-13-20(8-11-22(19)26)25-23(31-17(3)27)16(2)14-24(28-4,32-25)15-30-25/h6-11,13,16,23H,5,12,14-15H2,1-4H3/t16?,23-,24-,25+/m1/s1. The molecule has 2 aliphatic heterocycles. The van der Waals surface area contributed by atoms with Crippen LogP contribution in [0.15, 0.2) is 42.5 Å². The molecule has 1 unspecified atom stereocenters. The highest BCUT2D eigenvalue weighted by Gasteiger charge is 2.64. The van der Waals surface area contributed by atoms with Gasteiger partial charge in [0.2, 0.25) is 5.79 Å². The number of rotatable bonds is 7. The summed E-state index contributed by atoms with van der Waals surface area (Å²) in [5.74, 6) is -1.70. The molecule has 2 saturated heterocycles. The largest absolute Gasteiger partial charge is 0.494 e. The molecule has 0 saturated carbocycles. The molecule has 2 aromatic rings. The summed E-state index contributed by atoms with van der Waals surface area (Å²) in [5.41, 5.74) is 2.77. The highest BCUT2D eigenvalue weighted by Crippen LogP contribution is 2.53. The predicted molar refractivity (Wildman–Crippen MR) is 120 cm³/mol. The Morgan fingerprint density at radius 3 is 2.62 bits per heavy atom. The average molecular weight is 461 g/mol. The first kappa shape index (κ1) is 23.1. The molecule has 2 aromatic carbocycles. The van der Waals surface area contributed by atoms with Crippen LogP contribution < -0.4 is 4.74 Å². The fourth-order valence-corrected chi connectivity index (χ4v) is 4.83. The summed E-state index contributed by atoms with van der Waals surface area (Å²) >= 11 is 6.55. The van der Waals surface area contributed by atoms with E-state index in [1.165, 1.54) is 6.92 Å². The van der Waals surface area contributed by atoms with Crippen LogP contribution in [0.5, 0.6) is 5.75 Å². The maximum atomic E-state index is 11.9. The number of hydrogen-bond acceptors (Lipinski definition) is 6. The maximum Gasteiger partial charge on any atom is 0.303 e. The SMILES string of the molecule is CCOc1ccc(Cc2cc([C@@]34OC[C@@](OC)(CC(C)[C@H]3OC(C)=O)O4)ccc2Cl)cc1. The summed E-state index contributed by atoms with van der Waals surface area (Å²) < 4.78 is 29.6. The smallest absolute Gasteiger partial charge is 0.303 e. The quantitative estimate of drug-likeness (QED) is 0.551. The first-order valence-electron chi connectivity index (χ1n) is 10.9. The molecule has 2 fully saturated rings. The van der Waals surface area contributed by atoms with Gasteiger partial charge >= 0.3 is 5.97 Å². The van der Waals surface area contributed by atoms with Crippen LogP contribution in [0.3, 0.4) is 0 Å². The van der Waals surface area contributed by atoms with Gasteiger partial charge < -0.3 is 23.7 Å². The van der Waals surface area contributed by atoms with E-state index in [4.69, 9.17) is 35.3 Å². The molecule has 2 aliphatic rings. The number of carbonyl (C=O) groups is 1. The number of esters is 1. The normalized spacial score (nSPS) is 29.0. The Morgan fingerprint density at radius 2 is 1.97 bits per heavy atom. The van der Waals surface area contributed by atoms with Crippen molar-refractivity contribution in [3.8, 4) is 5.75 Å². The molecule has 4 rings (SSSR count). The van der Waals surface area contributed by atoms with E-state index in [9.17, 15) is 4.79 Å². The van der Waals surface area contributed by atoms with Gasteiger partial charge in [0.25, 0.3) is 0 Å². The number of methoxy groups -OCH3 is 1. The van der Waals surface area contributed by atoms with Gasteiger partial charge in [-0.3, -0.25) is 4.79 Å². The summed E-state index contributed by atoms with van der Waals surface area (Å²) in [6, 6.07) is 13.6.